The monoisotopic (exact) mass is 336 g/mol. The molecule has 2 saturated carbocycles. The number of hydrogen-bond donors (Lipinski definition) is 2. The Balaban J connectivity index is 0.000000174. The normalized spacial score (nSPS) is 25.5. The number of nitrogens with one attached hydrogen (secondary N) is 1. The molecule has 0 unspecified atom stereocenters. The van der Waals surface area contributed by atoms with Crippen molar-refractivity contribution in [2.75, 3.05) is 20.3 Å². The highest BCUT2D eigenvalue weighted by molar-refractivity contribution is 5.76. The smallest absolute Gasteiger partial charge is 0.220 e. The first-order valence-electron chi connectivity index (χ1n) is 9.02. The number of rotatable bonds is 5. The maximum absolute atomic E-state index is 10.9. The third-order valence-corrected chi connectivity index (χ3v) is 4.76. The molecule has 3 fully saturated rings. The van der Waals surface area contributed by atoms with Gasteiger partial charge in [-0.25, -0.2) is 0 Å². The van der Waals surface area contributed by atoms with Crippen molar-refractivity contribution < 1.29 is 14.6 Å². The Hall–Kier alpha value is -1.17. The average molecular weight is 336 g/mol. The van der Waals surface area contributed by atoms with Crippen molar-refractivity contribution in [1.82, 2.24) is 10.2 Å². The Morgan fingerprint density at radius 1 is 1.38 bits per heavy atom. The second kappa shape index (κ2) is 8.28. The lowest BCUT2D eigenvalue weighted by Gasteiger charge is -2.28. The number of likely N-dealkylation sites (N-methyl/N-ethyl adjacent to an activating group) is 1. The maximum Gasteiger partial charge on any atom is 0.220 e. The molecule has 3 rings (SSSR count). The fraction of sp³-hybridized carbons (Fsp3) is 0.737. The summed E-state index contributed by atoms with van der Waals surface area (Å²) in [7, 11) is 2.14. The second-order valence-corrected chi connectivity index (χ2v) is 7.30. The highest BCUT2D eigenvalue weighted by Gasteiger charge is 2.37. The quantitative estimate of drug-likeness (QED) is 0.757. The summed E-state index contributed by atoms with van der Waals surface area (Å²) >= 11 is 0. The molecule has 1 aliphatic heterocycles. The van der Waals surface area contributed by atoms with Gasteiger partial charge in [-0.1, -0.05) is 30.2 Å². The zero-order chi connectivity index (χ0) is 17.7. The maximum atomic E-state index is 10.9. The molecule has 0 aromatic carbocycles. The summed E-state index contributed by atoms with van der Waals surface area (Å²) in [6.07, 6.45) is 9.66. The van der Waals surface area contributed by atoms with Gasteiger partial charge in [-0.2, -0.15) is 0 Å². The van der Waals surface area contributed by atoms with Gasteiger partial charge >= 0.3 is 0 Å². The van der Waals surface area contributed by atoms with Gasteiger partial charge in [-0.3, -0.25) is 9.69 Å². The molecule has 5 heteroatoms. The minimum absolute atomic E-state index is 0.00472. The Bertz CT molecular complexity index is 499. The van der Waals surface area contributed by atoms with E-state index in [1.165, 1.54) is 18.4 Å². The standard InChI is InChI=1S/C10H17NO.C9H15NO2/c1-10(2)11(3)9(7-12-10)6-8-4-5-8;1-2-9(12)10-8(6-11)5-7-3-4-7/h6,9H,4-5,7H2,1-3H3;5,8,11H,2-4,6H2,1H3,(H,10,12)/t9-;8-/m00/s1. The first kappa shape index (κ1) is 19.2. The van der Waals surface area contributed by atoms with Crippen LogP contribution in [0.4, 0.5) is 0 Å². The third kappa shape index (κ3) is 6.04. The Morgan fingerprint density at radius 2 is 2.00 bits per heavy atom. The van der Waals surface area contributed by atoms with Crippen molar-refractivity contribution in [3.63, 3.8) is 0 Å². The van der Waals surface area contributed by atoms with E-state index in [-0.39, 0.29) is 24.3 Å². The molecule has 2 N–H and O–H groups in total. The van der Waals surface area contributed by atoms with Crippen LogP contribution in [-0.4, -0.2) is 54.0 Å². The predicted octanol–water partition coefficient (Wildman–Crippen LogP) is 2.37. The average Bonchev–Trinajstić information content (AvgIpc) is 3.45. The first-order chi connectivity index (χ1) is 11.4. The lowest BCUT2D eigenvalue weighted by molar-refractivity contribution is -0.121. The Labute approximate surface area is 145 Å². The number of amides is 1. The Morgan fingerprint density at radius 3 is 2.42 bits per heavy atom. The molecule has 0 bridgehead atoms. The summed E-state index contributed by atoms with van der Waals surface area (Å²) in [6, 6.07) is 0.340. The number of aliphatic hydroxyl groups excluding tert-OH is 1. The molecule has 1 amide bonds. The van der Waals surface area contributed by atoms with Crippen LogP contribution in [0.25, 0.3) is 0 Å². The molecule has 2 aliphatic carbocycles. The van der Waals surface area contributed by atoms with E-state index in [2.05, 4.69) is 37.2 Å². The van der Waals surface area contributed by atoms with E-state index in [4.69, 9.17) is 9.84 Å². The molecular weight excluding hydrogens is 304 g/mol. The molecule has 0 spiro atoms. The van der Waals surface area contributed by atoms with Gasteiger partial charge in [0.05, 0.1) is 25.3 Å². The number of ether oxygens (including phenoxy) is 1. The summed E-state index contributed by atoms with van der Waals surface area (Å²) in [5, 5.41) is 11.6. The highest BCUT2D eigenvalue weighted by Crippen LogP contribution is 2.32. The van der Waals surface area contributed by atoms with Gasteiger partial charge in [0.2, 0.25) is 5.91 Å². The number of allylic oxidation sites excluding steroid dienone is 2. The SMILES string of the molecule is CCC(=O)N[C@@H](C=C1CC1)CO.CN1[C@@H](C=C2CC2)COC1(C)C. The molecule has 0 radical (unpaired) electrons. The van der Waals surface area contributed by atoms with Crippen molar-refractivity contribution in [1.29, 1.82) is 0 Å². The van der Waals surface area contributed by atoms with E-state index in [1.54, 1.807) is 12.5 Å². The van der Waals surface area contributed by atoms with Crippen molar-refractivity contribution in [3.05, 3.63) is 23.3 Å². The van der Waals surface area contributed by atoms with E-state index in [1.807, 2.05) is 6.08 Å². The lowest BCUT2D eigenvalue weighted by atomic mass is 10.2. The summed E-state index contributed by atoms with van der Waals surface area (Å²) in [5.74, 6) is -0.00782. The first-order valence-corrected chi connectivity index (χ1v) is 9.02. The molecule has 2 atom stereocenters. The third-order valence-electron chi connectivity index (χ3n) is 4.76. The van der Waals surface area contributed by atoms with Crippen LogP contribution in [0, 0.1) is 0 Å². The molecule has 136 valence electrons. The van der Waals surface area contributed by atoms with E-state index in [0.717, 1.165) is 19.4 Å². The number of aliphatic hydroxyl groups is 1. The fourth-order valence-corrected chi connectivity index (χ4v) is 2.55. The highest BCUT2D eigenvalue weighted by atomic mass is 16.5. The van der Waals surface area contributed by atoms with Crippen LogP contribution in [0.2, 0.25) is 0 Å². The summed E-state index contributed by atoms with van der Waals surface area (Å²) < 4.78 is 5.68. The van der Waals surface area contributed by atoms with Crippen LogP contribution < -0.4 is 5.32 Å². The zero-order valence-corrected chi connectivity index (χ0v) is 15.5. The summed E-state index contributed by atoms with van der Waals surface area (Å²) in [4.78, 5) is 13.2. The van der Waals surface area contributed by atoms with E-state index in [9.17, 15) is 4.79 Å². The van der Waals surface area contributed by atoms with E-state index >= 15 is 0 Å². The largest absolute Gasteiger partial charge is 0.394 e. The van der Waals surface area contributed by atoms with Crippen molar-refractivity contribution in [2.24, 2.45) is 0 Å². The number of nitrogens with zero attached hydrogens (tertiary/aromatic N) is 1. The molecule has 0 aromatic rings. The Kier molecular flexibility index (Phi) is 6.61. The molecule has 24 heavy (non-hydrogen) atoms. The van der Waals surface area contributed by atoms with Gasteiger partial charge in [0.1, 0.15) is 5.72 Å². The fourth-order valence-electron chi connectivity index (χ4n) is 2.55. The van der Waals surface area contributed by atoms with Gasteiger partial charge in [0.25, 0.3) is 0 Å². The second-order valence-electron chi connectivity index (χ2n) is 7.30. The van der Waals surface area contributed by atoms with Crippen molar-refractivity contribution in [3.8, 4) is 0 Å². The summed E-state index contributed by atoms with van der Waals surface area (Å²) in [6.45, 7) is 6.90. The number of carbonyl (C=O) groups is 1. The number of carbonyl (C=O) groups excluding carboxylic acids is 1. The molecule has 5 nitrogen and oxygen atoms in total. The molecule has 3 aliphatic rings. The van der Waals surface area contributed by atoms with E-state index < -0.39 is 0 Å². The van der Waals surface area contributed by atoms with Crippen LogP contribution >= 0.6 is 0 Å². The van der Waals surface area contributed by atoms with Crippen LogP contribution in [0.1, 0.15) is 52.9 Å². The van der Waals surface area contributed by atoms with Crippen LogP contribution in [0.3, 0.4) is 0 Å². The van der Waals surface area contributed by atoms with Gasteiger partial charge in [0.15, 0.2) is 0 Å². The van der Waals surface area contributed by atoms with Gasteiger partial charge in [0, 0.05) is 6.42 Å². The molecule has 1 saturated heterocycles. The topological polar surface area (TPSA) is 61.8 Å². The van der Waals surface area contributed by atoms with Crippen LogP contribution in [0.15, 0.2) is 23.3 Å². The van der Waals surface area contributed by atoms with Crippen LogP contribution in [-0.2, 0) is 9.53 Å². The minimum Gasteiger partial charge on any atom is -0.394 e. The van der Waals surface area contributed by atoms with Gasteiger partial charge in [-0.15, -0.1) is 0 Å². The van der Waals surface area contributed by atoms with Crippen molar-refractivity contribution in [2.45, 2.75) is 70.7 Å². The lowest BCUT2D eigenvalue weighted by Crippen LogP contribution is -2.39. The van der Waals surface area contributed by atoms with E-state index in [0.29, 0.717) is 12.5 Å². The van der Waals surface area contributed by atoms with Gasteiger partial charge < -0.3 is 15.2 Å². The molecular formula is C19H32N2O3. The molecule has 1 heterocycles. The van der Waals surface area contributed by atoms with Crippen molar-refractivity contribution >= 4 is 5.91 Å². The minimum atomic E-state index is -0.171. The zero-order valence-electron chi connectivity index (χ0n) is 15.5. The number of hydrogen-bond acceptors (Lipinski definition) is 4. The molecule has 0 aromatic heterocycles. The van der Waals surface area contributed by atoms with Gasteiger partial charge in [-0.05, 0) is 46.6 Å². The van der Waals surface area contributed by atoms with Crippen LogP contribution in [0.5, 0.6) is 0 Å². The predicted molar refractivity (Wildman–Crippen MR) is 95.5 cm³/mol. The summed E-state index contributed by atoms with van der Waals surface area (Å²) in [5.41, 5.74) is 2.87.